The van der Waals surface area contributed by atoms with Gasteiger partial charge in [-0.3, -0.25) is 9.59 Å². The van der Waals surface area contributed by atoms with Crippen LogP contribution in [0, 0.1) is 22.7 Å². The van der Waals surface area contributed by atoms with Gasteiger partial charge in [0.2, 0.25) is 0 Å². The Balaban J connectivity index is 1.77. The summed E-state index contributed by atoms with van der Waals surface area (Å²) in [5.74, 6) is -1.40. The van der Waals surface area contributed by atoms with E-state index in [1.807, 2.05) is 20.8 Å². The molecule has 2 aliphatic carbocycles. The van der Waals surface area contributed by atoms with Gasteiger partial charge in [-0.05, 0) is 25.7 Å². The summed E-state index contributed by atoms with van der Waals surface area (Å²) in [5.41, 5.74) is -2.41. The van der Waals surface area contributed by atoms with Crippen LogP contribution >= 0.6 is 0 Å². The average Bonchev–Trinajstić information content (AvgIpc) is 3.18. The zero-order valence-corrected chi connectivity index (χ0v) is 18.1. The van der Waals surface area contributed by atoms with Crippen LogP contribution in [0.2, 0.25) is 0 Å². The molecular formula is C22H34O7. The van der Waals surface area contributed by atoms with Gasteiger partial charge in [0.05, 0.1) is 17.8 Å². The lowest BCUT2D eigenvalue weighted by Gasteiger charge is -2.64. The number of ketones is 1. The summed E-state index contributed by atoms with van der Waals surface area (Å²) in [6, 6.07) is 0. The third-order valence-electron chi connectivity index (χ3n) is 8.63. The maximum absolute atomic E-state index is 13.4. The SMILES string of the molecule is CC(=O)OC1CCC2(C)C(C(=O)C(O)C(C)C23CCC2(COC(O)C2)O3)C1(C)C. The van der Waals surface area contributed by atoms with E-state index >= 15 is 0 Å². The van der Waals surface area contributed by atoms with Crippen molar-refractivity contribution in [3.8, 4) is 0 Å². The Labute approximate surface area is 172 Å². The first-order valence-corrected chi connectivity index (χ1v) is 10.8. The number of Topliss-reactive ketones (excluding diaryl/α,β-unsaturated/α-hetero) is 1. The summed E-state index contributed by atoms with van der Waals surface area (Å²) >= 11 is 0. The molecule has 2 spiro atoms. The molecular weight excluding hydrogens is 376 g/mol. The number of ether oxygens (including phenoxy) is 3. The van der Waals surface area contributed by atoms with Crippen LogP contribution < -0.4 is 0 Å². The summed E-state index contributed by atoms with van der Waals surface area (Å²) in [4.78, 5) is 25.1. The zero-order chi connectivity index (χ0) is 21.4. The monoisotopic (exact) mass is 410 g/mol. The first-order valence-electron chi connectivity index (χ1n) is 10.8. The minimum absolute atomic E-state index is 0.181. The van der Waals surface area contributed by atoms with E-state index in [1.165, 1.54) is 6.92 Å². The van der Waals surface area contributed by atoms with E-state index in [0.29, 0.717) is 32.3 Å². The van der Waals surface area contributed by atoms with Crippen molar-refractivity contribution in [1.82, 2.24) is 0 Å². The number of hydrogen-bond donors (Lipinski definition) is 2. The number of aliphatic hydroxyl groups excluding tert-OH is 2. The van der Waals surface area contributed by atoms with Crippen molar-refractivity contribution < 1.29 is 34.0 Å². The molecule has 4 rings (SSSR count). The van der Waals surface area contributed by atoms with Gasteiger partial charge in [0.15, 0.2) is 12.1 Å². The van der Waals surface area contributed by atoms with Crippen LogP contribution in [0.25, 0.3) is 0 Å². The largest absolute Gasteiger partial charge is 0.462 e. The Kier molecular flexibility index (Phi) is 4.75. The smallest absolute Gasteiger partial charge is 0.302 e. The summed E-state index contributed by atoms with van der Waals surface area (Å²) in [5, 5.41) is 20.9. The Morgan fingerprint density at radius 3 is 2.45 bits per heavy atom. The van der Waals surface area contributed by atoms with Crippen molar-refractivity contribution in [2.45, 2.75) is 96.4 Å². The first-order chi connectivity index (χ1) is 13.4. The molecule has 0 bridgehead atoms. The zero-order valence-electron chi connectivity index (χ0n) is 18.1. The second-order valence-electron chi connectivity index (χ2n) is 10.6. The number of carbonyl (C=O) groups is 2. The van der Waals surface area contributed by atoms with Crippen LogP contribution in [0.3, 0.4) is 0 Å². The summed E-state index contributed by atoms with van der Waals surface area (Å²) in [7, 11) is 0. The van der Waals surface area contributed by atoms with E-state index in [1.54, 1.807) is 0 Å². The van der Waals surface area contributed by atoms with Gasteiger partial charge in [-0.25, -0.2) is 0 Å². The second-order valence-corrected chi connectivity index (χ2v) is 10.6. The van der Waals surface area contributed by atoms with Crippen LogP contribution in [0.5, 0.6) is 0 Å². The summed E-state index contributed by atoms with van der Waals surface area (Å²) in [6.45, 7) is 9.65. The van der Waals surface area contributed by atoms with Crippen LogP contribution in [0.4, 0.5) is 0 Å². The number of rotatable bonds is 1. The molecule has 29 heavy (non-hydrogen) atoms. The fraction of sp³-hybridized carbons (Fsp3) is 0.909. The Morgan fingerprint density at radius 2 is 1.86 bits per heavy atom. The normalized spacial score (nSPS) is 51.4. The number of fused-ring (bicyclic) bond motifs is 2. The average molecular weight is 411 g/mol. The maximum Gasteiger partial charge on any atom is 0.302 e. The van der Waals surface area contributed by atoms with Crippen molar-refractivity contribution in [2.75, 3.05) is 6.61 Å². The third-order valence-corrected chi connectivity index (χ3v) is 8.63. The lowest BCUT2D eigenvalue weighted by atomic mass is 9.43. The molecule has 7 heteroatoms. The van der Waals surface area contributed by atoms with Gasteiger partial charge in [-0.2, -0.15) is 0 Å². The Bertz CT molecular complexity index is 720. The molecule has 2 heterocycles. The Morgan fingerprint density at radius 1 is 1.17 bits per heavy atom. The molecule has 0 aromatic rings. The third kappa shape index (κ3) is 2.77. The summed E-state index contributed by atoms with van der Waals surface area (Å²) < 4.78 is 17.8. The molecule has 7 nitrogen and oxygen atoms in total. The first kappa shape index (κ1) is 21.2. The van der Waals surface area contributed by atoms with Crippen molar-refractivity contribution in [2.24, 2.45) is 22.7 Å². The van der Waals surface area contributed by atoms with Gasteiger partial charge in [-0.15, -0.1) is 0 Å². The fourth-order valence-electron chi connectivity index (χ4n) is 7.25. The van der Waals surface area contributed by atoms with E-state index < -0.39 is 40.3 Å². The van der Waals surface area contributed by atoms with Crippen molar-refractivity contribution >= 4 is 11.8 Å². The highest BCUT2D eigenvalue weighted by Crippen LogP contribution is 2.67. The molecule has 0 aromatic heterocycles. The van der Waals surface area contributed by atoms with Crippen LogP contribution in [-0.2, 0) is 23.8 Å². The minimum Gasteiger partial charge on any atom is -0.462 e. The van der Waals surface area contributed by atoms with Crippen LogP contribution in [0.1, 0.15) is 66.7 Å². The predicted octanol–water partition coefficient (Wildman–Crippen LogP) is 1.97. The number of carbonyl (C=O) groups excluding carboxylic acids is 2. The minimum atomic E-state index is -1.13. The highest BCUT2D eigenvalue weighted by Gasteiger charge is 2.73. The summed E-state index contributed by atoms with van der Waals surface area (Å²) in [6.07, 6.45) is 0.800. The van der Waals surface area contributed by atoms with Crippen molar-refractivity contribution in [3.63, 3.8) is 0 Å². The predicted molar refractivity (Wildman–Crippen MR) is 103 cm³/mol. The van der Waals surface area contributed by atoms with E-state index in [9.17, 15) is 19.8 Å². The van der Waals surface area contributed by atoms with Gasteiger partial charge >= 0.3 is 5.97 Å². The van der Waals surface area contributed by atoms with Crippen LogP contribution in [0.15, 0.2) is 0 Å². The topological polar surface area (TPSA) is 102 Å². The lowest BCUT2D eigenvalue weighted by molar-refractivity contribution is -0.266. The highest BCUT2D eigenvalue weighted by atomic mass is 16.6. The quantitative estimate of drug-likeness (QED) is 0.637. The van der Waals surface area contributed by atoms with E-state index in [0.717, 1.165) is 6.42 Å². The lowest BCUT2D eigenvalue weighted by Crippen LogP contribution is -2.71. The molecule has 8 atom stereocenters. The van der Waals surface area contributed by atoms with Gasteiger partial charge in [-0.1, -0.05) is 27.7 Å². The second kappa shape index (κ2) is 6.49. The molecule has 2 saturated heterocycles. The van der Waals surface area contributed by atoms with Crippen molar-refractivity contribution in [1.29, 1.82) is 0 Å². The molecule has 4 fully saturated rings. The van der Waals surface area contributed by atoms with Gasteiger partial charge in [0, 0.05) is 36.0 Å². The van der Waals surface area contributed by atoms with E-state index in [2.05, 4.69) is 6.92 Å². The molecule has 164 valence electrons. The molecule has 2 saturated carbocycles. The Hall–Kier alpha value is -1.02. The van der Waals surface area contributed by atoms with Gasteiger partial charge in [0.1, 0.15) is 12.2 Å². The highest BCUT2D eigenvalue weighted by molar-refractivity contribution is 5.89. The van der Waals surface area contributed by atoms with E-state index in [4.69, 9.17) is 14.2 Å². The maximum atomic E-state index is 13.4. The van der Waals surface area contributed by atoms with Crippen molar-refractivity contribution in [3.05, 3.63) is 0 Å². The van der Waals surface area contributed by atoms with E-state index in [-0.39, 0.29) is 23.8 Å². The fourth-order valence-corrected chi connectivity index (χ4v) is 7.25. The molecule has 0 radical (unpaired) electrons. The standard InChI is InChI=1S/C22H34O7/c1-12-16(25)17(26)18-19(3,4)14(28-13(2)23)6-7-20(18,5)22(12)9-8-21(29-22)10-15(24)27-11-21/h12,14-16,18,24-25H,6-11H2,1-5H3. The molecule has 4 aliphatic rings. The molecule has 2 aliphatic heterocycles. The van der Waals surface area contributed by atoms with Crippen LogP contribution in [-0.4, -0.2) is 58.3 Å². The molecule has 8 unspecified atom stereocenters. The number of hydrogen-bond acceptors (Lipinski definition) is 7. The van der Waals surface area contributed by atoms with Gasteiger partial charge < -0.3 is 24.4 Å². The number of esters is 1. The van der Waals surface area contributed by atoms with Gasteiger partial charge in [0.25, 0.3) is 0 Å². The molecule has 0 aromatic carbocycles. The molecule has 2 N–H and O–H groups in total. The number of aliphatic hydroxyl groups is 2. The molecule has 0 amide bonds.